The van der Waals surface area contributed by atoms with Gasteiger partial charge in [0.2, 0.25) is 0 Å². The van der Waals surface area contributed by atoms with Crippen LogP contribution in [0.25, 0.3) is 0 Å². The summed E-state index contributed by atoms with van der Waals surface area (Å²) in [6.07, 6.45) is 1.97. The summed E-state index contributed by atoms with van der Waals surface area (Å²) in [7, 11) is 0. The minimum atomic E-state index is -1.01. The van der Waals surface area contributed by atoms with Crippen LogP contribution in [0.2, 0.25) is 0 Å². The second-order valence-corrected chi connectivity index (χ2v) is 5.63. The number of amides is 1. The molecule has 0 atom stereocenters. The van der Waals surface area contributed by atoms with E-state index in [1.807, 2.05) is 19.1 Å². The van der Waals surface area contributed by atoms with E-state index in [2.05, 4.69) is 6.07 Å². The summed E-state index contributed by atoms with van der Waals surface area (Å²) in [4.78, 5) is 25.5. The lowest BCUT2D eigenvalue weighted by Crippen LogP contribution is -2.30. The van der Waals surface area contributed by atoms with Crippen molar-refractivity contribution in [2.45, 2.75) is 26.7 Å². The first-order chi connectivity index (χ1) is 10.5. The van der Waals surface area contributed by atoms with E-state index in [-0.39, 0.29) is 18.1 Å². The Kier molecular flexibility index (Phi) is 3.48. The predicted molar refractivity (Wildman–Crippen MR) is 81.3 cm³/mol. The van der Waals surface area contributed by atoms with Crippen molar-refractivity contribution in [2.75, 3.05) is 11.4 Å². The highest BCUT2D eigenvalue weighted by Crippen LogP contribution is 2.31. The molecule has 0 aliphatic carbocycles. The summed E-state index contributed by atoms with van der Waals surface area (Å²) in [5.41, 5.74) is 4.25. The quantitative estimate of drug-likeness (QED) is 0.946. The number of carboxylic acids is 1. The molecule has 3 rings (SSSR count). The molecule has 1 amide bonds. The fourth-order valence-electron chi connectivity index (χ4n) is 2.93. The van der Waals surface area contributed by atoms with E-state index in [1.165, 1.54) is 11.8 Å². The number of carbonyl (C=O) groups is 2. The molecule has 0 radical (unpaired) electrons. The molecule has 0 saturated carbocycles. The number of hydrogen-bond acceptors (Lipinski definition) is 3. The van der Waals surface area contributed by atoms with Crippen LogP contribution in [0, 0.1) is 13.8 Å². The first-order valence-electron chi connectivity index (χ1n) is 7.17. The van der Waals surface area contributed by atoms with Crippen molar-refractivity contribution < 1.29 is 19.1 Å². The number of benzene rings is 1. The van der Waals surface area contributed by atoms with Gasteiger partial charge in [-0.3, -0.25) is 9.59 Å². The highest BCUT2D eigenvalue weighted by atomic mass is 16.4. The normalized spacial score (nSPS) is 13.3. The number of aryl methyl sites for hydroxylation is 2. The SMILES string of the molecule is Cc1ccc2c(c1)CCN2C(=O)c1c(C)coc1CC(=O)O. The maximum absolute atomic E-state index is 12.9. The van der Waals surface area contributed by atoms with Gasteiger partial charge in [-0.15, -0.1) is 0 Å². The van der Waals surface area contributed by atoms with Crippen molar-refractivity contribution in [1.82, 2.24) is 0 Å². The molecule has 2 aromatic rings. The maximum Gasteiger partial charge on any atom is 0.311 e. The molecule has 1 aliphatic rings. The van der Waals surface area contributed by atoms with Crippen molar-refractivity contribution >= 4 is 17.6 Å². The van der Waals surface area contributed by atoms with Gasteiger partial charge in [0.05, 0.1) is 11.8 Å². The number of fused-ring (bicyclic) bond motifs is 1. The Balaban J connectivity index is 1.97. The molecule has 0 saturated heterocycles. The van der Waals surface area contributed by atoms with E-state index in [9.17, 15) is 9.59 Å². The van der Waals surface area contributed by atoms with Crippen LogP contribution in [0.5, 0.6) is 0 Å². The highest BCUT2D eigenvalue weighted by molar-refractivity contribution is 6.09. The Hall–Kier alpha value is -2.56. The Morgan fingerprint density at radius 3 is 2.82 bits per heavy atom. The Labute approximate surface area is 128 Å². The molecular formula is C17H17NO4. The Morgan fingerprint density at radius 2 is 2.09 bits per heavy atom. The van der Waals surface area contributed by atoms with Crippen LogP contribution >= 0.6 is 0 Å². The van der Waals surface area contributed by atoms with Crippen LogP contribution in [0.15, 0.2) is 28.9 Å². The number of aliphatic carboxylic acids is 1. The van der Waals surface area contributed by atoms with Gasteiger partial charge in [-0.2, -0.15) is 0 Å². The molecule has 0 spiro atoms. The summed E-state index contributed by atoms with van der Waals surface area (Å²) in [5.74, 6) is -0.985. The van der Waals surface area contributed by atoms with Crippen molar-refractivity contribution in [1.29, 1.82) is 0 Å². The highest BCUT2D eigenvalue weighted by Gasteiger charge is 2.30. The first kappa shape index (κ1) is 14.4. The van der Waals surface area contributed by atoms with Gasteiger partial charge >= 0.3 is 5.97 Å². The van der Waals surface area contributed by atoms with Crippen LogP contribution in [-0.2, 0) is 17.6 Å². The molecular weight excluding hydrogens is 282 g/mol. The van der Waals surface area contributed by atoms with E-state index < -0.39 is 5.97 Å². The van der Waals surface area contributed by atoms with Crippen LogP contribution < -0.4 is 4.90 Å². The minimum Gasteiger partial charge on any atom is -0.481 e. The van der Waals surface area contributed by atoms with Gasteiger partial charge in [-0.05, 0) is 31.9 Å². The zero-order valence-corrected chi connectivity index (χ0v) is 12.5. The van der Waals surface area contributed by atoms with Gasteiger partial charge in [-0.25, -0.2) is 0 Å². The summed E-state index contributed by atoms with van der Waals surface area (Å²) < 4.78 is 5.27. The lowest BCUT2D eigenvalue weighted by atomic mass is 10.1. The minimum absolute atomic E-state index is 0.190. The molecule has 0 unspecified atom stereocenters. The molecule has 0 bridgehead atoms. The van der Waals surface area contributed by atoms with Crippen molar-refractivity contribution in [3.8, 4) is 0 Å². The van der Waals surface area contributed by atoms with Gasteiger partial charge in [0.25, 0.3) is 5.91 Å². The third kappa shape index (κ3) is 2.39. The Morgan fingerprint density at radius 1 is 1.32 bits per heavy atom. The lowest BCUT2D eigenvalue weighted by Gasteiger charge is -2.18. The third-order valence-corrected chi connectivity index (χ3v) is 3.95. The van der Waals surface area contributed by atoms with E-state index >= 15 is 0 Å². The summed E-state index contributed by atoms with van der Waals surface area (Å²) >= 11 is 0. The molecule has 114 valence electrons. The van der Waals surface area contributed by atoms with Gasteiger partial charge in [-0.1, -0.05) is 17.7 Å². The number of furan rings is 1. The van der Waals surface area contributed by atoms with Crippen LogP contribution in [0.1, 0.15) is 32.8 Å². The smallest absolute Gasteiger partial charge is 0.311 e. The molecule has 5 nitrogen and oxygen atoms in total. The van der Waals surface area contributed by atoms with E-state index in [0.717, 1.165) is 17.7 Å². The maximum atomic E-state index is 12.9. The van der Waals surface area contributed by atoms with Gasteiger partial charge in [0.15, 0.2) is 0 Å². The van der Waals surface area contributed by atoms with Gasteiger partial charge < -0.3 is 14.4 Å². The topological polar surface area (TPSA) is 70.8 Å². The number of carbonyl (C=O) groups excluding carboxylic acids is 1. The lowest BCUT2D eigenvalue weighted by molar-refractivity contribution is -0.136. The van der Waals surface area contributed by atoms with Crippen LogP contribution in [-0.4, -0.2) is 23.5 Å². The zero-order valence-electron chi connectivity index (χ0n) is 12.5. The molecule has 1 aromatic heterocycles. The zero-order chi connectivity index (χ0) is 15.9. The van der Waals surface area contributed by atoms with Crippen molar-refractivity contribution in [2.24, 2.45) is 0 Å². The average Bonchev–Trinajstić information content (AvgIpc) is 3.01. The van der Waals surface area contributed by atoms with E-state index in [0.29, 0.717) is 17.7 Å². The summed E-state index contributed by atoms with van der Waals surface area (Å²) in [6, 6.07) is 6.01. The largest absolute Gasteiger partial charge is 0.481 e. The van der Waals surface area contributed by atoms with E-state index in [1.54, 1.807) is 11.8 Å². The molecule has 1 N–H and O–H groups in total. The number of hydrogen-bond donors (Lipinski definition) is 1. The van der Waals surface area contributed by atoms with Gasteiger partial charge in [0.1, 0.15) is 12.2 Å². The van der Waals surface area contributed by atoms with Crippen LogP contribution in [0.4, 0.5) is 5.69 Å². The average molecular weight is 299 g/mol. The molecule has 2 heterocycles. The molecule has 1 aromatic carbocycles. The monoisotopic (exact) mass is 299 g/mol. The fourth-order valence-corrected chi connectivity index (χ4v) is 2.93. The predicted octanol–water partition coefficient (Wildman–Crippen LogP) is 2.73. The number of rotatable bonds is 3. The molecule has 1 aliphatic heterocycles. The van der Waals surface area contributed by atoms with Crippen molar-refractivity contribution in [3.63, 3.8) is 0 Å². The number of anilines is 1. The van der Waals surface area contributed by atoms with Crippen molar-refractivity contribution in [3.05, 3.63) is 52.5 Å². The molecule has 22 heavy (non-hydrogen) atoms. The first-order valence-corrected chi connectivity index (χ1v) is 7.17. The third-order valence-electron chi connectivity index (χ3n) is 3.95. The van der Waals surface area contributed by atoms with Crippen LogP contribution in [0.3, 0.4) is 0 Å². The molecule has 5 heteroatoms. The summed E-state index contributed by atoms with van der Waals surface area (Å²) in [5, 5.41) is 8.95. The summed E-state index contributed by atoms with van der Waals surface area (Å²) in [6.45, 7) is 4.39. The second kappa shape index (κ2) is 5.33. The van der Waals surface area contributed by atoms with Gasteiger partial charge in [0, 0.05) is 17.8 Å². The second-order valence-electron chi connectivity index (χ2n) is 5.63. The number of carboxylic acid groups (broad SMARTS) is 1. The molecule has 0 fully saturated rings. The fraction of sp³-hybridized carbons (Fsp3) is 0.294. The van der Waals surface area contributed by atoms with E-state index in [4.69, 9.17) is 9.52 Å². The standard InChI is InChI=1S/C17H17NO4/c1-10-3-4-13-12(7-10)5-6-18(13)17(21)16-11(2)9-22-14(16)8-15(19)20/h3-4,7,9H,5-6,8H2,1-2H3,(H,19,20). The number of nitrogens with zero attached hydrogens (tertiary/aromatic N) is 1. The Bertz CT molecular complexity index is 760.